The lowest BCUT2D eigenvalue weighted by atomic mass is 9.95. The number of anilines is 1. The Kier molecular flexibility index (Phi) is 4.46. The maximum absolute atomic E-state index is 13.2. The summed E-state index contributed by atoms with van der Waals surface area (Å²) >= 11 is 0. The Labute approximate surface area is 146 Å². The predicted octanol–water partition coefficient (Wildman–Crippen LogP) is 1.25. The molecular weight excluding hydrogens is 353 g/mol. The van der Waals surface area contributed by atoms with Crippen molar-refractivity contribution >= 4 is 17.5 Å². The van der Waals surface area contributed by atoms with Gasteiger partial charge in [-0.3, -0.25) is 19.0 Å². The van der Waals surface area contributed by atoms with E-state index in [4.69, 9.17) is 5.73 Å². The van der Waals surface area contributed by atoms with Crippen molar-refractivity contribution < 1.29 is 22.8 Å². The number of fused-ring (bicyclic) bond motifs is 1. The number of nitrogens with two attached hydrogens (primary N) is 1. The first kappa shape index (κ1) is 18.0. The molecule has 0 aliphatic heterocycles. The van der Waals surface area contributed by atoms with E-state index >= 15 is 0 Å². The first-order chi connectivity index (χ1) is 12.2. The number of rotatable bonds is 4. The summed E-state index contributed by atoms with van der Waals surface area (Å²) in [5, 5.41) is 9.91. The molecule has 0 saturated carbocycles. The second kappa shape index (κ2) is 6.46. The van der Waals surface area contributed by atoms with Crippen molar-refractivity contribution in [2.45, 2.75) is 38.4 Å². The molecule has 0 atom stereocenters. The van der Waals surface area contributed by atoms with E-state index in [-0.39, 0.29) is 16.9 Å². The molecule has 0 saturated heterocycles. The molecule has 0 radical (unpaired) electrons. The average molecular weight is 370 g/mol. The van der Waals surface area contributed by atoms with Crippen molar-refractivity contribution in [1.29, 1.82) is 0 Å². The number of hydrogen-bond donors (Lipinski definition) is 2. The highest BCUT2D eigenvalue weighted by Gasteiger charge is 2.39. The number of alkyl halides is 3. The molecule has 1 aliphatic rings. The zero-order valence-electron chi connectivity index (χ0n) is 13.9. The molecular formula is C15H17F3N6O2. The van der Waals surface area contributed by atoms with Crippen LogP contribution in [0, 0.1) is 0 Å². The van der Waals surface area contributed by atoms with Crippen LogP contribution in [0.1, 0.15) is 40.3 Å². The van der Waals surface area contributed by atoms with E-state index in [1.807, 2.05) is 0 Å². The highest BCUT2D eigenvalue weighted by Crippen LogP contribution is 2.35. The molecule has 2 amide bonds. The lowest BCUT2D eigenvalue weighted by molar-refractivity contribution is -0.142. The first-order valence-corrected chi connectivity index (χ1v) is 7.96. The van der Waals surface area contributed by atoms with E-state index in [1.165, 1.54) is 10.9 Å². The van der Waals surface area contributed by atoms with E-state index in [0.29, 0.717) is 25.0 Å². The molecule has 1 aliphatic carbocycles. The molecule has 8 nitrogen and oxygen atoms in total. The van der Waals surface area contributed by atoms with Crippen molar-refractivity contribution in [2.75, 3.05) is 5.32 Å². The maximum Gasteiger partial charge on any atom is 0.435 e. The average Bonchev–Trinajstić information content (AvgIpc) is 3.08. The van der Waals surface area contributed by atoms with Crippen LogP contribution in [0.2, 0.25) is 0 Å². The van der Waals surface area contributed by atoms with E-state index < -0.39 is 30.2 Å². The van der Waals surface area contributed by atoms with E-state index in [0.717, 1.165) is 11.1 Å². The summed E-state index contributed by atoms with van der Waals surface area (Å²) in [7, 11) is 1.54. The Morgan fingerprint density at radius 1 is 1.27 bits per heavy atom. The monoisotopic (exact) mass is 370 g/mol. The molecule has 0 fully saturated rings. The largest absolute Gasteiger partial charge is 0.435 e. The first-order valence-electron chi connectivity index (χ1n) is 7.96. The second-order valence-corrected chi connectivity index (χ2v) is 6.11. The number of amides is 2. The van der Waals surface area contributed by atoms with Crippen molar-refractivity contribution in [3.8, 4) is 0 Å². The number of nitrogens with one attached hydrogen (secondary N) is 1. The third-order valence-electron chi connectivity index (χ3n) is 4.15. The minimum absolute atomic E-state index is 0.0991. The van der Waals surface area contributed by atoms with Crippen LogP contribution in [0.4, 0.5) is 18.9 Å². The van der Waals surface area contributed by atoms with Gasteiger partial charge in [0.2, 0.25) is 5.91 Å². The van der Waals surface area contributed by atoms with Crippen LogP contribution in [0.3, 0.4) is 0 Å². The lowest BCUT2D eigenvalue weighted by Crippen LogP contribution is -2.23. The third kappa shape index (κ3) is 3.41. The van der Waals surface area contributed by atoms with E-state index in [2.05, 4.69) is 15.5 Å². The van der Waals surface area contributed by atoms with Gasteiger partial charge in [-0.2, -0.15) is 23.4 Å². The van der Waals surface area contributed by atoms with Crippen LogP contribution in [0.25, 0.3) is 0 Å². The Morgan fingerprint density at radius 2 is 1.96 bits per heavy atom. The fourth-order valence-corrected chi connectivity index (χ4v) is 3.12. The summed E-state index contributed by atoms with van der Waals surface area (Å²) in [6, 6.07) is 0. The van der Waals surface area contributed by atoms with Crippen LogP contribution in [-0.4, -0.2) is 31.4 Å². The van der Waals surface area contributed by atoms with Gasteiger partial charge in [0.1, 0.15) is 6.54 Å². The van der Waals surface area contributed by atoms with Gasteiger partial charge in [-0.05, 0) is 25.7 Å². The van der Waals surface area contributed by atoms with Crippen molar-refractivity contribution in [3.63, 3.8) is 0 Å². The van der Waals surface area contributed by atoms with Gasteiger partial charge in [0.15, 0.2) is 11.4 Å². The SMILES string of the molecule is Cn1cc(NC(=O)Cn2nc(C(F)(F)F)c3c2CCCC3)c(C(N)=O)n1. The van der Waals surface area contributed by atoms with E-state index in [9.17, 15) is 22.8 Å². The fraction of sp³-hybridized carbons (Fsp3) is 0.467. The third-order valence-corrected chi connectivity index (χ3v) is 4.15. The van der Waals surface area contributed by atoms with Crippen molar-refractivity contribution in [2.24, 2.45) is 12.8 Å². The molecule has 11 heteroatoms. The van der Waals surface area contributed by atoms with Crippen LogP contribution >= 0.6 is 0 Å². The highest BCUT2D eigenvalue weighted by atomic mass is 19.4. The van der Waals surface area contributed by atoms with Crippen LogP contribution in [0.15, 0.2) is 6.20 Å². The van der Waals surface area contributed by atoms with Gasteiger partial charge in [0.05, 0.1) is 5.69 Å². The fourth-order valence-electron chi connectivity index (χ4n) is 3.12. The van der Waals surface area contributed by atoms with Crippen LogP contribution in [0.5, 0.6) is 0 Å². The second-order valence-electron chi connectivity index (χ2n) is 6.11. The standard InChI is InChI=1S/C15H17F3N6O2/c1-23-6-9(12(21-23)14(19)26)20-11(25)7-24-10-5-3-2-4-8(10)13(22-24)15(16,17)18/h6H,2-5,7H2,1H3,(H2,19,26)(H,20,25). The molecule has 2 heterocycles. The van der Waals surface area contributed by atoms with E-state index in [1.54, 1.807) is 7.05 Å². The number of aromatic nitrogens is 4. The minimum Gasteiger partial charge on any atom is -0.364 e. The van der Waals surface area contributed by atoms with Gasteiger partial charge in [-0.25, -0.2) is 0 Å². The quantitative estimate of drug-likeness (QED) is 0.844. The molecule has 140 valence electrons. The summed E-state index contributed by atoms with van der Waals surface area (Å²) in [5.41, 5.74) is 4.83. The number of primary amides is 1. The smallest absolute Gasteiger partial charge is 0.364 e. The van der Waals surface area contributed by atoms with Gasteiger partial charge >= 0.3 is 6.18 Å². The number of hydrogen-bond acceptors (Lipinski definition) is 4. The normalized spacial score (nSPS) is 14.2. The summed E-state index contributed by atoms with van der Waals surface area (Å²) in [6.45, 7) is -0.397. The maximum atomic E-state index is 13.2. The number of carbonyl (C=O) groups is 2. The number of carbonyl (C=O) groups excluding carboxylic acids is 2. The predicted molar refractivity (Wildman–Crippen MR) is 84.2 cm³/mol. The summed E-state index contributed by atoms with van der Waals surface area (Å²) in [4.78, 5) is 23.6. The molecule has 3 rings (SSSR count). The van der Waals surface area contributed by atoms with Gasteiger partial charge < -0.3 is 11.1 Å². The minimum atomic E-state index is -4.56. The van der Waals surface area contributed by atoms with Crippen molar-refractivity contribution in [3.05, 3.63) is 28.8 Å². The molecule has 0 spiro atoms. The molecule has 26 heavy (non-hydrogen) atoms. The topological polar surface area (TPSA) is 108 Å². The number of halogens is 3. The Morgan fingerprint density at radius 3 is 2.62 bits per heavy atom. The zero-order valence-corrected chi connectivity index (χ0v) is 13.9. The molecule has 0 aromatic carbocycles. The summed E-state index contributed by atoms with van der Waals surface area (Å²) in [5.74, 6) is -1.44. The molecule has 0 unspecified atom stereocenters. The van der Waals surface area contributed by atoms with Gasteiger partial charge in [0.25, 0.3) is 5.91 Å². The van der Waals surface area contributed by atoms with Crippen LogP contribution in [-0.2, 0) is 37.4 Å². The summed E-state index contributed by atoms with van der Waals surface area (Å²) in [6.07, 6.45) is -1.05. The Hall–Kier alpha value is -2.85. The Bertz CT molecular complexity index is 868. The zero-order chi connectivity index (χ0) is 19.1. The molecule has 3 N–H and O–H groups in total. The molecule has 2 aromatic rings. The molecule has 2 aromatic heterocycles. The molecule has 0 bridgehead atoms. The lowest BCUT2D eigenvalue weighted by Gasteiger charge is -2.14. The van der Waals surface area contributed by atoms with Crippen molar-refractivity contribution in [1.82, 2.24) is 19.6 Å². The Balaban J connectivity index is 1.84. The van der Waals surface area contributed by atoms with Gasteiger partial charge in [-0.1, -0.05) is 0 Å². The number of nitrogens with zero attached hydrogens (tertiary/aromatic N) is 4. The van der Waals surface area contributed by atoms with Crippen LogP contribution < -0.4 is 11.1 Å². The van der Waals surface area contributed by atoms with Gasteiger partial charge in [-0.15, -0.1) is 0 Å². The highest BCUT2D eigenvalue weighted by molar-refractivity contribution is 6.01. The van der Waals surface area contributed by atoms with Gasteiger partial charge in [0, 0.05) is 24.5 Å². The summed E-state index contributed by atoms with van der Waals surface area (Å²) < 4.78 is 41.9. The number of aryl methyl sites for hydroxylation is 1.